The van der Waals surface area contributed by atoms with E-state index >= 15 is 0 Å². The summed E-state index contributed by atoms with van der Waals surface area (Å²) in [7, 11) is 10.3. The molecule has 0 aliphatic rings. The van der Waals surface area contributed by atoms with Crippen molar-refractivity contribution in [3.8, 4) is 0 Å². The van der Waals surface area contributed by atoms with Crippen LogP contribution in [0.4, 0.5) is 0 Å². The second-order valence-electron chi connectivity index (χ2n) is 7.50. The van der Waals surface area contributed by atoms with E-state index in [1.54, 1.807) is 0 Å². The Hall–Kier alpha value is 2.13. The van der Waals surface area contributed by atoms with E-state index in [0.29, 0.717) is 0 Å². The van der Waals surface area contributed by atoms with Gasteiger partial charge in [0.1, 0.15) is 0 Å². The molecule has 0 aromatic rings. The molecule has 23 heavy (non-hydrogen) atoms. The van der Waals surface area contributed by atoms with Crippen LogP contribution < -0.4 is 0 Å². The van der Waals surface area contributed by atoms with Crippen molar-refractivity contribution in [1.29, 1.82) is 0 Å². The molecule has 0 saturated heterocycles. The van der Waals surface area contributed by atoms with Gasteiger partial charge in [-0.3, -0.25) is 0 Å². The van der Waals surface area contributed by atoms with Gasteiger partial charge in [0.15, 0.2) is 0 Å². The Bertz CT molecular complexity index is 183. The van der Waals surface area contributed by atoms with Crippen molar-refractivity contribution >= 4 is 34.7 Å². The van der Waals surface area contributed by atoms with Crippen molar-refractivity contribution in [3.05, 3.63) is 0 Å². The molecule has 0 radical (unpaired) electrons. The van der Waals surface area contributed by atoms with Gasteiger partial charge in [0, 0.05) is 0 Å². The monoisotopic (exact) mass is 585 g/mol. The van der Waals surface area contributed by atoms with Gasteiger partial charge in [-0.05, 0) is 34.0 Å². The average Bonchev–Trinajstić information content (AvgIpc) is 2.26. The van der Waals surface area contributed by atoms with Gasteiger partial charge in [-0.15, -0.1) is 0 Å². The van der Waals surface area contributed by atoms with Gasteiger partial charge in [-0.25, -0.2) is 0 Å². The zero-order valence-corrected chi connectivity index (χ0v) is 23.0. The van der Waals surface area contributed by atoms with Crippen LogP contribution in [0.3, 0.4) is 0 Å². The molecule has 0 nitrogen and oxygen atoms in total. The number of rotatable bonds is 6. The van der Waals surface area contributed by atoms with Crippen LogP contribution in [0.15, 0.2) is 0 Å². The summed E-state index contributed by atoms with van der Waals surface area (Å²) in [6.07, 6.45) is 0. The summed E-state index contributed by atoms with van der Waals surface area (Å²) in [6, 6.07) is 0. The van der Waals surface area contributed by atoms with Crippen LogP contribution in [0.1, 0.15) is 83.1 Å². The number of halogens is 2. The fourth-order valence-corrected chi connectivity index (χ4v) is 10.7. The molecule has 148 valence electrons. The standard InChI is InChI=1S/2C9H21P.2ClH.Pt/c2*1-7(2)10(8(3)4)9(5)6;;;/h2*7-9H,1-6H3;2*1H;/q;;;;+2/p-2. The molecule has 0 unspecified atom stereocenters. The third kappa shape index (κ3) is 17.3. The fraction of sp³-hybridized carbons (Fsp3) is 1.00. The van der Waals surface area contributed by atoms with E-state index in [1.165, 1.54) is 0 Å². The number of hydrogen-bond donors (Lipinski definition) is 0. The first-order valence-electron chi connectivity index (χ1n) is 8.72. The fourth-order valence-electron chi connectivity index (χ4n) is 3.58. The molecule has 0 aliphatic heterocycles. The van der Waals surface area contributed by atoms with Crippen molar-refractivity contribution in [2.24, 2.45) is 0 Å². The van der Waals surface area contributed by atoms with Crippen molar-refractivity contribution in [1.82, 2.24) is 0 Å². The number of hydrogen-bond acceptors (Lipinski definition) is 0. The predicted molar refractivity (Wildman–Crippen MR) is 116 cm³/mol. The zero-order chi connectivity index (χ0) is 19.3. The predicted octanol–water partition coefficient (Wildman–Crippen LogP) is 8.76. The van der Waals surface area contributed by atoms with E-state index < -0.39 is 16.5 Å². The Morgan fingerprint density at radius 2 is 0.522 bits per heavy atom. The van der Waals surface area contributed by atoms with Gasteiger partial charge in [-0.1, -0.05) is 98.9 Å². The van der Waals surface area contributed by atoms with Gasteiger partial charge in [0.05, 0.1) is 0 Å². The normalized spacial score (nSPS) is 11.9. The van der Waals surface area contributed by atoms with Crippen molar-refractivity contribution in [3.63, 3.8) is 0 Å². The molecule has 0 atom stereocenters. The molecule has 0 amide bonds. The van der Waals surface area contributed by atoms with Crippen LogP contribution in [0.25, 0.3) is 0 Å². The second-order valence-corrected chi connectivity index (χ2v) is 18.8. The van der Waals surface area contributed by atoms with Crippen molar-refractivity contribution in [2.75, 3.05) is 0 Å². The summed E-state index contributed by atoms with van der Waals surface area (Å²) < 4.78 is 0. The van der Waals surface area contributed by atoms with E-state index in [9.17, 15) is 0 Å². The first kappa shape index (κ1) is 29.9. The molecular weight excluding hydrogens is 544 g/mol. The SMILES string of the molecule is CC(C)P(C(C)C)C(C)C.CC(C)P(C(C)C)C(C)C.[Cl][Pt][Cl]. The van der Waals surface area contributed by atoms with E-state index in [4.69, 9.17) is 18.8 Å². The van der Waals surface area contributed by atoms with Gasteiger partial charge in [-0.2, -0.15) is 0 Å². The maximum absolute atomic E-state index is 4.88. The summed E-state index contributed by atoms with van der Waals surface area (Å²) in [6.45, 7) is 28.2. The van der Waals surface area contributed by atoms with Gasteiger partial charge >= 0.3 is 35.3 Å². The minimum atomic E-state index is -0.472. The molecular formula is C18H42Cl2P2Pt. The Labute approximate surface area is 167 Å². The summed E-state index contributed by atoms with van der Waals surface area (Å²) in [5, 5.41) is 0. The molecule has 0 bridgehead atoms. The van der Waals surface area contributed by atoms with Gasteiger partial charge in [0.25, 0.3) is 0 Å². The van der Waals surface area contributed by atoms with Crippen molar-refractivity contribution < 1.29 is 16.5 Å². The van der Waals surface area contributed by atoms with Crippen molar-refractivity contribution in [2.45, 2.75) is 117 Å². The Morgan fingerprint density at radius 1 is 0.435 bits per heavy atom. The molecule has 0 aliphatic carbocycles. The van der Waals surface area contributed by atoms with Crippen LogP contribution in [0.5, 0.6) is 0 Å². The molecule has 0 aromatic carbocycles. The Morgan fingerprint density at radius 3 is 0.522 bits per heavy atom. The minimum absolute atomic E-state index is 0.262. The van der Waals surface area contributed by atoms with Gasteiger partial charge < -0.3 is 0 Å². The van der Waals surface area contributed by atoms with Crippen LogP contribution in [-0.4, -0.2) is 34.0 Å². The Balaban J connectivity index is -0.000000297. The maximum atomic E-state index is 4.88. The van der Waals surface area contributed by atoms with E-state index in [-0.39, 0.29) is 15.8 Å². The van der Waals surface area contributed by atoms with E-state index in [1.807, 2.05) is 0 Å². The average molecular weight is 586 g/mol. The first-order valence-corrected chi connectivity index (χ1v) is 17.4. The molecule has 5 heteroatoms. The van der Waals surface area contributed by atoms with E-state index in [2.05, 4.69) is 83.1 Å². The summed E-state index contributed by atoms with van der Waals surface area (Å²) in [5.41, 5.74) is 5.39. The van der Waals surface area contributed by atoms with Crippen LogP contribution in [0, 0.1) is 0 Å². The Kier molecular flexibility index (Phi) is 22.8. The van der Waals surface area contributed by atoms with Crippen LogP contribution in [-0.2, 0) is 16.5 Å². The molecule has 0 aromatic heterocycles. The molecule has 0 saturated carbocycles. The van der Waals surface area contributed by atoms with Gasteiger partial charge in [0.2, 0.25) is 0 Å². The quantitative estimate of drug-likeness (QED) is 0.273. The molecule has 0 heterocycles. The second kappa shape index (κ2) is 17.5. The molecule has 0 fully saturated rings. The molecule has 0 spiro atoms. The first-order chi connectivity index (χ1) is 10.3. The van der Waals surface area contributed by atoms with Crippen LogP contribution in [0.2, 0.25) is 0 Å². The molecule has 0 rings (SSSR count). The topological polar surface area (TPSA) is 0 Å². The van der Waals surface area contributed by atoms with Crippen LogP contribution >= 0.6 is 34.7 Å². The third-order valence-electron chi connectivity index (χ3n) is 3.58. The third-order valence-corrected chi connectivity index (χ3v) is 10.7. The summed E-state index contributed by atoms with van der Waals surface area (Å²) >= 11 is -0.472. The molecule has 0 N–H and O–H groups in total. The summed E-state index contributed by atoms with van der Waals surface area (Å²) in [5.74, 6) is 0. The zero-order valence-electron chi connectivity index (χ0n) is 17.4. The summed E-state index contributed by atoms with van der Waals surface area (Å²) in [4.78, 5) is 0. The van der Waals surface area contributed by atoms with E-state index in [0.717, 1.165) is 34.0 Å².